The number of hydrogen-bond donors (Lipinski definition) is 3. The number of furan rings is 1. The van der Waals surface area contributed by atoms with Crippen molar-refractivity contribution in [2.24, 2.45) is 5.10 Å². The number of carbonyl (C=O) groups excluding carboxylic acids is 2. The Balaban J connectivity index is 1.39. The van der Waals surface area contributed by atoms with Gasteiger partial charge in [-0.1, -0.05) is 46.3 Å². The minimum atomic E-state index is -4.12. The van der Waals surface area contributed by atoms with Crippen LogP contribution in [-0.4, -0.2) is 45.7 Å². The maximum absolute atomic E-state index is 13.5. The highest BCUT2D eigenvalue weighted by Crippen LogP contribution is 2.21. The predicted molar refractivity (Wildman–Crippen MR) is 167 cm³/mol. The Labute approximate surface area is 263 Å². The normalized spacial score (nSPS) is 12.0. The van der Waals surface area contributed by atoms with Gasteiger partial charge in [0, 0.05) is 23.6 Å². The second kappa shape index (κ2) is 14.5. The molecule has 0 aliphatic rings. The van der Waals surface area contributed by atoms with Crippen molar-refractivity contribution >= 4 is 59.7 Å². The molecule has 0 saturated heterocycles. The van der Waals surface area contributed by atoms with Gasteiger partial charge in [0.1, 0.15) is 11.5 Å². The van der Waals surface area contributed by atoms with E-state index < -0.39 is 32.5 Å². The van der Waals surface area contributed by atoms with E-state index >= 15 is 0 Å². The third kappa shape index (κ3) is 9.17. The molecule has 2 amide bonds. The topological polar surface area (TPSA) is 167 Å². The molecule has 0 atom stereocenters. The number of rotatable bonds is 13. The summed E-state index contributed by atoms with van der Waals surface area (Å²) in [5.41, 5.74) is 3.39. The van der Waals surface area contributed by atoms with Crippen LogP contribution in [0.4, 0.5) is 5.69 Å². The van der Waals surface area contributed by atoms with Crippen LogP contribution in [0.5, 0.6) is 0 Å². The summed E-state index contributed by atoms with van der Waals surface area (Å²) >= 11 is 3.26. The van der Waals surface area contributed by atoms with Gasteiger partial charge in [0.25, 0.3) is 5.91 Å². The molecule has 1 heterocycles. The smallest absolute Gasteiger partial charge is 0.255 e. The number of hydrazone groups is 1. The Kier molecular flexibility index (Phi) is 10.8. The molecule has 0 bridgehead atoms. The molecule has 0 saturated carbocycles. The molecule has 0 aliphatic heterocycles. The van der Waals surface area contributed by atoms with Crippen molar-refractivity contribution in [3.8, 4) is 0 Å². The van der Waals surface area contributed by atoms with Gasteiger partial charge in [-0.25, -0.2) is 27.0 Å². The van der Waals surface area contributed by atoms with Crippen molar-refractivity contribution < 1.29 is 30.8 Å². The first-order valence-corrected chi connectivity index (χ1v) is 16.7. The summed E-state index contributed by atoms with van der Waals surface area (Å²) < 4.78 is 61.7. The minimum Gasteiger partial charge on any atom is -0.459 e. The van der Waals surface area contributed by atoms with E-state index in [1.807, 2.05) is 0 Å². The zero-order valence-corrected chi connectivity index (χ0v) is 26.5. The molecule has 230 valence electrons. The number of benzene rings is 3. The molecular weight excluding hydrogens is 674 g/mol. The molecule has 1 aromatic heterocycles. The van der Waals surface area contributed by atoms with Crippen molar-refractivity contribution in [3.63, 3.8) is 0 Å². The number of anilines is 1. The highest BCUT2D eigenvalue weighted by Gasteiger charge is 2.27. The maximum Gasteiger partial charge on any atom is 0.255 e. The summed E-state index contributed by atoms with van der Waals surface area (Å²) in [4.78, 5) is 24.1. The molecule has 44 heavy (non-hydrogen) atoms. The zero-order valence-electron chi connectivity index (χ0n) is 23.3. The van der Waals surface area contributed by atoms with Gasteiger partial charge in [-0.3, -0.25) is 9.59 Å². The Morgan fingerprint density at radius 2 is 1.55 bits per heavy atom. The van der Waals surface area contributed by atoms with Gasteiger partial charge in [-0.15, -0.1) is 0 Å². The molecule has 0 radical (unpaired) electrons. The summed E-state index contributed by atoms with van der Waals surface area (Å²) in [6, 6.07) is 23.7. The van der Waals surface area contributed by atoms with Crippen LogP contribution < -0.4 is 15.5 Å². The van der Waals surface area contributed by atoms with Crippen LogP contribution in [0, 0.1) is 0 Å². The molecule has 0 spiro atoms. The van der Waals surface area contributed by atoms with Crippen LogP contribution in [0.25, 0.3) is 0 Å². The summed E-state index contributed by atoms with van der Waals surface area (Å²) in [6.45, 7) is 0.611. The van der Waals surface area contributed by atoms with Gasteiger partial charge >= 0.3 is 0 Å². The molecular formula is C29H28BrN5O7S2. The van der Waals surface area contributed by atoms with E-state index in [1.54, 1.807) is 48.5 Å². The summed E-state index contributed by atoms with van der Waals surface area (Å²) in [7, 11) is -7.88. The molecule has 0 aliphatic carbocycles. The quantitative estimate of drug-likeness (QED) is 0.141. The fourth-order valence-electron chi connectivity index (χ4n) is 3.86. The Hall–Kier alpha value is -4.15. The second-order valence-electron chi connectivity index (χ2n) is 9.34. The van der Waals surface area contributed by atoms with E-state index in [2.05, 4.69) is 36.5 Å². The van der Waals surface area contributed by atoms with E-state index in [-0.39, 0.29) is 34.5 Å². The van der Waals surface area contributed by atoms with Crippen LogP contribution in [0.2, 0.25) is 0 Å². The number of nitrogens with one attached hydrogen (secondary N) is 3. The summed E-state index contributed by atoms with van der Waals surface area (Å²) in [5.74, 6) is -0.459. The van der Waals surface area contributed by atoms with Crippen LogP contribution in [0.3, 0.4) is 0 Å². The van der Waals surface area contributed by atoms with Gasteiger partial charge in [-0.2, -0.15) is 9.41 Å². The lowest BCUT2D eigenvalue weighted by molar-refractivity contribution is -0.121. The number of amides is 2. The van der Waals surface area contributed by atoms with Gasteiger partial charge in [0.15, 0.2) is 0 Å². The molecule has 0 unspecified atom stereocenters. The SMILES string of the molecule is CC(=O)Nc1ccc(S(=O)(=O)N(CC(=O)N/N=C\c2ccc(CNS(=O)(=O)c3ccc(Br)cc3)o2)Cc2ccccc2)cc1. The lowest BCUT2D eigenvalue weighted by Gasteiger charge is -2.21. The van der Waals surface area contributed by atoms with E-state index in [1.165, 1.54) is 55.6 Å². The Morgan fingerprint density at radius 1 is 0.886 bits per heavy atom. The van der Waals surface area contributed by atoms with Gasteiger partial charge in [-0.05, 0) is 66.2 Å². The fraction of sp³-hybridized carbons (Fsp3) is 0.138. The maximum atomic E-state index is 13.5. The second-order valence-corrected chi connectivity index (χ2v) is 14.0. The third-order valence-corrected chi connectivity index (χ3v) is 9.71. The van der Waals surface area contributed by atoms with E-state index in [0.717, 1.165) is 8.78 Å². The van der Waals surface area contributed by atoms with Crippen molar-refractivity contribution in [2.45, 2.75) is 29.8 Å². The van der Waals surface area contributed by atoms with Gasteiger partial charge in [0.05, 0.1) is 29.1 Å². The average Bonchev–Trinajstić information content (AvgIpc) is 3.44. The van der Waals surface area contributed by atoms with Gasteiger partial charge in [0.2, 0.25) is 26.0 Å². The zero-order chi connectivity index (χ0) is 31.7. The number of sulfonamides is 2. The number of hydrogen-bond acceptors (Lipinski definition) is 8. The van der Waals surface area contributed by atoms with E-state index in [0.29, 0.717) is 17.0 Å². The van der Waals surface area contributed by atoms with Crippen molar-refractivity contribution in [2.75, 3.05) is 11.9 Å². The van der Waals surface area contributed by atoms with Crippen LogP contribution >= 0.6 is 15.9 Å². The minimum absolute atomic E-state index is 0.0577. The molecule has 0 fully saturated rings. The Morgan fingerprint density at radius 3 is 2.20 bits per heavy atom. The van der Waals surface area contributed by atoms with Gasteiger partial charge < -0.3 is 9.73 Å². The summed E-state index contributed by atoms with van der Waals surface area (Å²) in [6.07, 6.45) is 1.21. The first-order chi connectivity index (χ1) is 20.9. The first kappa shape index (κ1) is 32.8. The Bertz CT molecular complexity index is 1840. The molecule has 4 aromatic rings. The fourth-order valence-corrected chi connectivity index (χ4v) is 6.50. The van der Waals surface area contributed by atoms with E-state index in [9.17, 15) is 26.4 Å². The van der Waals surface area contributed by atoms with E-state index in [4.69, 9.17) is 4.42 Å². The molecule has 4 rings (SSSR count). The van der Waals surface area contributed by atoms with Crippen molar-refractivity contribution in [3.05, 3.63) is 113 Å². The third-order valence-electron chi connectivity index (χ3n) is 5.96. The van der Waals surface area contributed by atoms with Crippen LogP contribution in [0.1, 0.15) is 24.0 Å². The highest BCUT2D eigenvalue weighted by molar-refractivity contribution is 9.10. The first-order valence-electron chi connectivity index (χ1n) is 13.0. The summed E-state index contributed by atoms with van der Waals surface area (Å²) in [5, 5.41) is 6.43. The van der Waals surface area contributed by atoms with Crippen LogP contribution in [-0.2, 0) is 42.7 Å². The average molecular weight is 703 g/mol. The molecule has 3 aromatic carbocycles. The number of carbonyl (C=O) groups is 2. The standard InChI is InChI=1S/C29H28BrN5O7S2/c1-21(36)33-24-9-15-28(16-10-24)44(40,41)35(19-22-5-3-2-4-6-22)20-29(37)34-31-17-25-11-12-26(42-25)18-32-43(38,39)27-13-7-23(30)8-14-27/h2-17,32H,18-20H2,1H3,(H,33,36)(H,34,37)/b31-17-. The predicted octanol–water partition coefficient (Wildman–Crippen LogP) is 3.82. The van der Waals surface area contributed by atoms with Crippen molar-refractivity contribution in [1.29, 1.82) is 0 Å². The molecule has 15 heteroatoms. The molecule has 3 N–H and O–H groups in total. The lowest BCUT2D eigenvalue weighted by Crippen LogP contribution is -2.39. The number of nitrogens with zero attached hydrogens (tertiary/aromatic N) is 2. The van der Waals surface area contributed by atoms with Crippen LogP contribution in [0.15, 0.2) is 115 Å². The lowest BCUT2D eigenvalue weighted by atomic mass is 10.2. The largest absolute Gasteiger partial charge is 0.459 e. The molecule has 12 nitrogen and oxygen atoms in total. The monoisotopic (exact) mass is 701 g/mol. The number of halogens is 1. The van der Waals surface area contributed by atoms with Crippen molar-refractivity contribution in [1.82, 2.24) is 14.5 Å². The highest BCUT2D eigenvalue weighted by atomic mass is 79.9.